The minimum atomic E-state index is -0.101. The van der Waals surface area contributed by atoms with Crippen LogP contribution in [-0.2, 0) is 6.42 Å². The maximum absolute atomic E-state index is 13.5. The Morgan fingerprint density at radius 2 is 1.80 bits per heavy atom. The zero-order chi connectivity index (χ0) is 20.1. The number of aromatic nitrogens is 1. The molecule has 1 aliphatic carbocycles. The van der Waals surface area contributed by atoms with E-state index in [1.807, 2.05) is 46.4 Å². The number of hydrogen-bond donors (Lipinski definition) is 0. The molecule has 6 rings (SSSR count). The van der Waals surface area contributed by atoms with Crippen LogP contribution in [0.4, 0.5) is 0 Å². The van der Waals surface area contributed by atoms with Crippen LogP contribution in [0, 0.1) is 0 Å². The molecule has 1 atom stereocenters. The lowest BCUT2D eigenvalue weighted by Crippen LogP contribution is -2.38. The second-order valence-corrected chi connectivity index (χ2v) is 9.53. The Morgan fingerprint density at radius 1 is 0.967 bits per heavy atom. The van der Waals surface area contributed by atoms with Gasteiger partial charge in [0.05, 0.1) is 16.3 Å². The largest absolute Gasteiger partial charge is 0.272 e. The molecule has 5 heteroatoms. The molecule has 0 amide bonds. The maximum Gasteiger partial charge on any atom is 0.271 e. The van der Waals surface area contributed by atoms with Gasteiger partial charge in [-0.25, -0.2) is 4.99 Å². The molecule has 4 aromatic rings. The van der Waals surface area contributed by atoms with Gasteiger partial charge in [0.2, 0.25) is 0 Å². The molecule has 0 radical (unpaired) electrons. The topological polar surface area (TPSA) is 34.4 Å². The van der Waals surface area contributed by atoms with Crippen LogP contribution in [-0.4, -0.2) is 4.57 Å². The molecule has 0 fully saturated rings. The van der Waals surface area contributed by atoms with E-state index in [0.717, 1.165) is 38.3 Å². The van der Waals surface area contributed by atoms with Crippen molar-refractivity contribution in [1.82, 2.24) is 4.57 Å². The third kappa shape index (κ3) is 2.77. The molecule has 0 unspecified atom stereocenters. The van der Waals surface area contributed by atoms with Crippen molar-refractivity contribution in [1.29, 1.82) is 0 Å². The van der Waals surface area contributed by atoms with Crippen molar-refractivity contribution in [2.24, 2.45) is 4.99 Å². The summed E-state index contributed by atoms with van der Waals surface area (Å²) in [6, 6.07) is 22.8. The van der Waals surface area contributed by atoms with Crippen LogP contribution in [0.15, 0.2) is 87.5 Å². The van der Waals surface area contributed by atoms with Gasteiger partial charge in [-0.15, -0.1) is 11.3 Å². The summed E-state index contributed by atoms with van der Waals surface area (Å²) in [6.07, 6.45) is 3.89. The molecule has 3 nitrogen and oxygen atoms in total. The summed E-state index contributed by atoms with van der Waals surface area (Å²) in [5, 5.41) is 2.03. The molecule has 0 saturated carbocycles. The van der Waals surface area contributed by atoms with Gasteiger partial charge in [-0.2, -0.15) is 0 Å². The Kier molecular flexibility index (Phi) is 4.18. The lowest BCUT2D eigenvalue weighted by Gasteiger charge is -2.30. The summed E-state index contributed by atoms with van der Waals surface area (Å²) in [5.74, 6) is 0. The van der Waals surface area contributed by atoms with Crippen LogP contribution in [0.1, 0.15) is 34.0 Å². The fourth-order valence-corrected chi connectivity index (χ4v) is 6.18. The van der Waals surface area contributed by atoms with Crippen molar-refractivity contribution < 1.29 is 0 Å². The first-order valence-electron chi connectivity index (χ1n) is 10.0. The van der Waals surface area contributed by atoms with Crippen molar-refractivity contribution in [2.75, 3.05) is 0 Å². The van der Waals surface area contributed by atoms with Gasteiger partial charge in [0.15, 0.2) is 4.80 Å². The van der Waals surface area contributed by atoms with E-state index in [2.05, 4.69) is 36.4 Å². The van der Waals surface area contributed by atoms with E-state index >= 15 is 0 Å². The van der Waals surface area contributed by atoms with E-state index in [1.165, 1.54) is 28.0 Å². The smallest absolute Gasteiger partial charge is 0.271 e. The van der Waals surface area contributed by atoms with E-state index in [-0.39, 0.29) is 11.6 Å². The van der Waals surface area contributed by atoms with Gasteiger partial charge in [-0.05, 0) is 47.1 Å². The molecule has 146 valence electrons. The third-order valence-electron chi connectivity index (χ3n) is 5.80. The molecule has 30 heavy (non-hydrogen) atoms. The Morgan fingerprint density at radius 3 is 2.63 bits per heavy atom. The average Bonchev–Trinajstić information content (AvgIpc) is 3.41. The van der Waals surface area contributed by atoms with Crippen LogP contribution < -0.4 is 14.9 Å². The molecule has 0 N–H and O–H groups in total. The summed E-state index contributed by atoms with van der Waals surface area (Å²) in [4.78, 5) is 20.4. The molecule has 0 saturated heterocycles. The zero-order valence-corrected chi connectivity index (χ0v) is 17.7. The Balaban J connectivity index is 1.66. The van der Waals surface area contributed by atoms with Crippen LogP contribution >= 0.6 is 22.7 Å². The standard InChI is InChI=1S/C25H18N2OS2/c28-24-21(15-18-10-6-14-29-18)30-25-26-22-19-11-5-4-7-16(19)12-13-20(22)23(27(24)25)17-8-2-1-3-9-17/h1-11,14-15,23H,12-13H2/b21-15-/t23-/m0/s1. The summed E-state index contributed by atoms with van der Waals surface area (Å²) >= 11 is 3.13. The predicted molar refractivity (Wildman–Crippen MR) is 124 cm³/mol. The SMILES string of the molecule is O=c1/c(=C/c2cccs2)sc2n1[C@@H](c1ccccc1)C1=C(N=2)c2ccccc2CC1. The van der Waals surface area contributed by atoms with Crippen LogP contribution in [0.5, 0.6) is 0 Å². The number of benzene rings is 2. The number of hydrogen-bond acceptors (Lipinski definition) is 4. The molecule has 0 bridgehead atoms. The molecule has 3 heterocycles. The second-order valence-electron chi connectivity index (χ2n) is 7.54. The third-order valence-corrected chi connectivity index (χ3v) is 7.61. The number of thiazole rings is 1. The van der Waals surface area contributed by atoms with E-state index < -0.39 is 0 Å². The fourth-order valence-electron chi connectivity index (χ4n) is 4.46. The zero-order valence-electron chi connectivity index (χ0n) is 16.1. The van der Waals surface area contributed by atoms with Gasteiger partial charge >= 0.3 is 0 Å². The molecule has 2 aromatic carbocycles. The molecular formula is C25H18N2OS2. The molecule has 2 aliphatic rings. The van der Waals surface area contributed by atoms with Gasteiger partial charge < -0.3 is 0 Å². The number of aryl methyl sites for hydroxylation is 1. The Labute approximate surface area is 181 Å². The minimum absolute atomic E-state index is 0.0476. The van der Waals surface area contributed by atoms with Gasteiger partial charge in [-0.3, -0.25) is 9.36 Å². The van der Waals surface area contributed by atoms with Gasteiger partial charge in [0.25, 0.3) is 5.56 Å². The lowest BCUT2D eigenvalue weighted by atomic mass is 9.83. The van der Waals surface area contributed by atoms with Crippen LogP contribution in [0.3, 0.4) is 0 Å². The van der Waals surface area contributed by atoms with Gasteiger partial charge in [0, 0.05) is 10.4 Å². The predicted octanol–water partition coefficient (Wildman–Crippen LogP) is 4.38. The number of thiophene rings is 1. The highest BCUT2D eigenvalue weighted by Crippen LogP contribution is 2.41. The van der Waals surface area contributed by atoms with Crippen LogP contribution in [0.25, 0.3) is 11.8 Å². The Hall–Kier alpha value is -3.02. The Bertz CT molecular complexity index is 1460. The number of nitrogens with zero attached hydrogens (tertiary/aromatic N) is 2. The highest BCUT2D eigenvalue weighted by Gasteiger charge is 2.32. The van der Waals surface area contributed by atoms with E-state index in [1.54, 1.807) is 11.3 Å². The molecule has 1 aliphatic heterocycles. The number of allylic oxidation sites excluding steroid dienone is 1. The van der Waals surface area contributed by atoms with E-state index in [0.29, 0.717) is 0 Å². The van der Waals surface area contributed by atoms with Gasteiger partial charge in [-0.1, -0.05) is 72.0 Å². The van der Waals surface area contributed by atoms with Crippen LogP contribution in [0.2, 0.25) is 0 Å². The highest BCUT2D eigenvalue weighted by molar-refractivity contribution is 7.11. The quantitative estimate of drug-likeness (QED) is 0.468. The second kappa shape index (κ2) is 7.04. The highest BCUT2D eigenvalue weighted by atomic mass is 32.1. The molecule has 0 spiro atoms. The van der Waals surface area contributed by atoms with Crippen molar-refractivity contribution in [2.45, 2.75) is 18.9 Å². The number of rotatable bonds is 2. The van der Waals surface area contributed by atoms with E-state index in [9.17, 15) is 4.79 Å². The van der Waals surface area contributed by atoms with Crippen molar-refractivity contribution in [3.8, 4) is 0 Å². The minimum Gasteiger partial charge on any atom is -0.272 e. The monoisotopic (exact) mass is 426 g/mol. The first-order valence-corrected chi connectivity index (χ1v) is 11.7. The lowest BCUT2D eigenvalue weighted by molar-refractivity contribution is 0.585. The summed E-state index contributed by atoms with van der Waals surface area (Å²) in [6.45, 7) is 0. The first kappa shape index (κ1) is 17.8. The van der Waals surface area contributed by atoms with E-state index in [4.69, 9.17) is 4.99 Å². The summed E-state index contributed by atoms with van der Waals surface area (Å²) in [5.41, 5.74) is 6.03. The maximum atomic E-state index is 13.5. The normalized spacial score (nSPS) is 17.9. The van der Waals surface area contributed by atoms with Crippen molar-refractivity contribution in [3.63, 3.8) is 0 Å². The summed E-state index contributed by atoms with van der Waals surface area (Å²) in [7, 11) is 0. The van der Waals surface area contributed by atoms with Gasteiger partial charge in [0.1, 0.15) is 0 Å². The first-order chi connectivity index (χ1) is 14.8. The molecule has 2 aromatic heterocycles. The number of fused-ring (bicyclic) bond motifs is 3. The fraction of sp³-hybridized carbons (Fsp3) is 0.120. The van der Waals surface area contributed by atoms with Crippen molar-refractivity contribution >= 4 is 34.4 Å². The van der Waals surface area contributed by atoms with Crippen molar-refractivity contribution in [3.05, 3.63) is 119 Å². The average molecular weight is 427 g/mol. The molecular weight excluding hydrogens is 408 g/mol. The summed E-state index contributed by atoms with van der Waals surface area (Å²) < 4.78 is 2.65.